The summed E-state index contributed by atoms with van der Waals surface area (Å²) in [4.78, 5) is 23.3. The van der Waals surface area contributed by atoms with Gasteiger partial charge in [-0.15, -0.1) is 0 Å². The Labute approximate surface area is 121 Å². The lowest BCUT2D eigenvalue weighted by atomic mass is 10.2. The Balaban J connectivity index is 1.69. The number of hydrogen-bond donors (Lipinski definition) is 2. The zero-order valence-electron chi connectivity index (χ0n) is 11.8. The van der Waals surface area contributed by atoms with Crippen molar-refractivity contribution in [1.29, 1.82) is 0 Å². The minimum Gasteiger partial charge on any atom is -0.336 e. The maximum atomic E-state index is 12.0. The van der Waals surface area contributed by atoms with Gasteiger partial charge >= 0.3 is 0 Å². The summed E-state index contributed by atoms with van der Waals surface area (Å²) in [6.07, 6.45) is 5.47. The molecule has 0 bridgehead atoms. The van der Waals surface area contributed by atoms with Crippen molar-refractivity contribution in [2.45, 2.75) is 26.1 Å². The van der Waals surface area contributed by atoms with Gasteiger partial charge in [-0.1, -0.05) is 12.1 Å². The molecule has 0 fully saturated rings. The van der Waals surface area contributed by atoms with Gasteiger partial charge in [0.05, 0.1) is 23.8 Å². The minimum absolute atomic E-state index is 0.0975. The van der Waals surface area contributed by atoms with E-state index in [0.29, 0.717) is 17.8 Å². The van der Waals surface area contributed by atoms with E-state index in [1.165, 1.54) is 0 Å². The standard InChI is InChI=1S/C15H17N5O/c1-11(9-20-7-6-16-10-20)17-8-14-18-13-5-3-2-4-12(13)15(21)19-14/h2-7,10-11,17H,8-9H2,1H3,(H,18,19,21)/t11-/m1/s1. The Bertz CT molecular complexity index is 778. The van der Waals surface area contributed by atoms with Crippen molar-refractivity contribution in [3.63, 3.8) is 0 Å². The second-order valence-electron chi connectivity index (χ2n) is 5.07. The van der Waals surface area contributed by atoms with Crippen molar-refractivity contribution in [3.8, 4) is 0 Å². The Morgan fingerprint density at radius 2 is 2.24 bits per heavy atom. The molecular formula is C15H17N5O. The molecule has 0 radical (unpaired) electrons. The molecule has 0 aliphatic heterocycles. The molecule has 2 heterocycles. The molecule has 21 heavy (non-hydrogen) atoms. The summed E-state index contributed by atoms with van der Waals surface area (Å²) in [5.74, 6) is 0.649. The van der Waals surface area contributed by atoms with Gasteiger partial charge in [0.25, 0.3) is 5.56 Å². The van der Waals surface area contributed by atoms with E-state index in [-0.39, 0.29) is 11.6 Å². The normalized spacial score (nSPS) is 12.6. The molecule has 0 amide bonds. The van der Waals surface area contributed by atoms with Crippen LogP contribution in [0.15, 0.2) is 47.8 Å². The lowest BCUT2D eigenvalue weighted by Gasteiger charge is -2.14. The van der Waals surface area contributed by atoms with E-state index < -0.39 is 0 Å². The van der Waals surface area contributed by atoms with Crippen molar-refractivity contribution in [2.24, 2.45) is 0 Å². The molecule has 6 nitrogen and oxygen atoms in total. The topological polar surface area (TPSA) is 75.6 Å². The first-order chi connectivity index (χ1) is 10.2. The number of aromatic nitrogens is 4. The smallest absolute Gasteiger partial charge is 0.258 e. The first kappa shape index (κ1) is 13.5. The average Bonchev–Trinajstić information content (AvgIpc) is 2.98. The SMILES string of the molecule is C[C@H](Cn1ccnc1)NCc1nc2ccccc2c(=O)[nH]1. The van der Waals surface area contributed by atoms with Gasteiger partial charge in [0.1, 0.15) is 5.82 Å². The number of nitrogens with one attached hydrogen (secondary N) is 2. The van der Waals surface area contributed by atoms with Gasteiger partial charge in [-0.2, -0.15) is 0 Å². The van der Waals surface area contributed by atoms with Crippen LogP contribution in [-0.4, -0.2) is 25.6 Å². The fourth-order valence-corrected chi connectivity index (χ4v) is 2.27. The van der Waals surface area contributed by atoms with Crippen LogP contribution in [0.1, 0.15) is 12.7 Å². The molecule has 3 rings (SSSR count). The molecule has 0 aliphatic carbocycles. The van der Waals surface area contributed by atoms with Gasteiger partial charge in [0.15, 0.2) is 0 Å². The lowest BCUT2D eigenvalue weighted by molar-refractivity contribution is 0.469. The van der Waals surface area contributed by atoms with Gasteiger partial charge in [-0.05, 0) is 19.1 Å². The van der Waals surface area contributed by atoms with Crippen LogP contribution in [0.5, 0.6) is 0 Å². The number of fused-ring (bicyclic) bond motifs is 1. The van der Waals surface area contributed by atoms with Gasteiger partial charge < -0.3 is 14.9 Å². The number of para-hydroxylation sites is 1. The third-order valence-corrected chi connectivity index (χ3v) is 3.32. The molecule has 0 spiro atoms. The van der Waals surface area contributed by atoms with Crippen LogP contribution in [0.3, 0.4) is 0 Å². The number of aromatic amines is 1. The number of rotatable bonds is 5. The van der Waals surface area contributed by atoms with E-state index in [1.807, 2.05) is 29.0 Å². The van der Waals surface area contributed by atoms with Crippen LogP contribution in [-0.2, 0) is 13.1 Å². The summed E-state index contributed by atoms with van der Waals surface area (Å²) >= 11 is 0. The molecule has 0 unspecified atom stereocenters. The quantitative estimate of drug-likeness (QED) is 0.740. The molecule has 1 atom stereocenters. The highest BCUT2D eigenvalue weighted by Gasteiger charge is 2.06. The zero-order valence-corrected chi connectivity index (χ0v) is 11.8. The largest absolute Gasteiger partial charge is 0.336 e. The van der Waals surface area contributed by atoms with Crippen molar-refractivity contribution in [3.05, 3.63) is 59.2 Å². The highest BCUT2D eigenvalue weighted by Crippen LogP contribution is 2.05. The van der Waals surface area contributed by atoms with Gasteiger partial charge in [0.2, 0.25) is 0 Å². The molecule has 2 aromatic heterocycles. The van der Waals surface area contributed by atoms with E-state index >= 15 is 0 Å². The summed E-state index contributed by atoms with van der Waals surface area (Å²) in [5.41, 5.74) is 0.625. The monoisotopic (exact) mass is 283 g/mol. The molecule has 3 aromatic rings. The maximum absolute atomic E-state index is 12.0. The Morgan fingerprint density at radius 1 is 1.38 bits per heavy atom. The van der Waals surface area contributed by atoms with Crippen molar-refractivity contribution in [2.75, 3.05) is 0 Å². The van der Waals surface area contributed by atoms with Crippen molar-refractivity contribution < 1.29 is 0 Å². The zero-order chi connectivity index (χ0) is 14.7. The van der Waals surface area contributed by atoms with Crippen LogP contribution in [0.25, 0.3) is 10.9 Å². The molecule has 108 valence electrons. The van der Waals surface area contributed by atoms with Gasteiger partial charge in [0, 0.05) is 25.0 Å². The van der Waals surface area contributed by atoms with Crippen LogP contribution in [0.4, 0.5) is 0 Å². The Morgan fingerprint density at radius 3 is 3.05 bits per heavy atom. The number of H-pyrrole nitrogens is 1. The molecule has 0 aliphatic rings. The first-order valence-electron chi connectivity index (χ1n) is 6.89. The number of imidazole rings is 1. The summed E-state index contributed by atoms with van der Waals surface area (Å²) < 4.78 is 2.01. The number of hydrogen-bond acceptors (Lipinski definition) is 4. The Kier molecular flexibility index (Phi) is 3.79. The van der Waals surface area contributed by atoms with Crippen LogP contribution >= 0.6 is 0 Å². The van der Waals surface area contributed by atoms with Crippen molar-refractivity contribution in [1.82, 2.24) is 24.8 Å². The predicted octanol–water partition coefficient (Wildman–Crippen LogP) is 1.30. The summed E-state index contributed by atoms with van der Waals surface area (Å²) in [5, 5.41) is 3.97. The summed E-state index contributed by atoms with van der Waals surface area (Å²) in [7, 11) is 0. The molecule has 1 aromatic carbocycles. The lowest BCUT2D eigenvalue weighted by Crippen LogP contribution is -2.31. The van der Waals surface area contributed by atoms with E-state index in [9.17, 15) is 4.79 Å². The highest BCUT2D eigenvalue weighted by molar-refractivity contribution is 5.77. The van der Waals surface area contributed by atoms with Crippen LogP contribution in [0, 0.1) is 0 Å². The molecule has 6 heteroatoms. The van der Waals surface area contributed by atoms with Crippen molar-refractivity contribution >= 4 is 10.9 Å². The molecular weight excluding hydrogens is 266 g/mol. The molecule has 0 saturated heterocycles. The second-order valence-corrected chi connectivity index (χ2v) is 5.07. The number of nitrogens with zero attached hydrogens (tertiary/aromatic N) is 3. The molecule has 0 saturated carbocycles. The van der Waals surface area contributed by atoms with E-state index in [4.69, 9.17) is 0 Å². The van der Waals surface area contributed by atoms with Gasteiger partial charge in [-0.25, -0.2) is 9.97 Å². The molecule has 2 N–H and O–H groups in total. The fraction of sp³-hybridized carbons (Fsp3) is 0.267. The van der Waals surface area contributed by atoms with E-state index in [0.717, 1.165) is 12.1 Å². The number of benzene rings is 1. The predicted molar refractivity (Wildman–Crippen MR) is 80.9 cm³/mol. The summed E-state index contributed by atoms with van der Waals surface area (Å²) in [6, 6.07) is 7.59. The van der Waals surface area contributed by atoms with E-state index in [1.54, 1.807) is 18.6 Å². The van der Waals surface area contributed by atoms with Crippen LogP contribution in [0.2, 0.25) is 0 Å². The highest BCUT2D eigenvalue weighted by atomic mass is 16.1. The first-order valence-corrected chi connectivity index (χ1v) is 6.89. The van der Waals surface area contributed by atoms with Gasteiger partial charge in [-0.3, -0.25) is 4.79 Å². The maximum Gasteiger partial charge on any atom is 0.258 e. The fourth-order valence-electron chi connectivity index (χ4n) is 2.27. The van der Waals surface area contributed by atoms with E-state index in [2.05, 4.69) is 27.2 Å². The minimum atomic E-state index is -0.0975. The Hall–Kier alpha value is -2.47. The average molecular weight is 283 g/mol. The third-order valence-electron chi connectivity index (χ3n) is 3.32. The third kappa shape index (κ3) is 3.17. The van der Waals surface area contributed by atoms with Crippen LogP contribution < -0.4 is 10.9 Å². The second kappa shape index (κ2) is 5.88. The summed E-state index contributed by atoms with van der Waals surface area (Å²) in [6.45, 7) is 3.42.